The summed E-state index contributed by atoms with van der Waals surface area (Å²) in [5.74, 6) is 0.0575. The number of nitrogens with one attached hydrogen (secondary N) is 1. The van der Waals surface area contributed by atoms with Crippen LogP contribution in [0.3, 0.4) is 0 Å². The van der Waals surface area contributed by atoms with E-state index in [0.29, 0.717) is 17.0 Å². The Morgan fingerprint density at radius 1 is 1.04 bits per heavy atom. The van der Waals surface area contributed by atoms with E-state index < -0.39 is 0 Å². The number of hydrogen-bond donors (Lipinski definition) is 1. The van der Waals surface area contributed by atoms with Crippen LogP contribution in [-0.2, 0) is 0 Å². The molecule has 5 nitrogen and oxygen atoms in total. The number of benzene rings is 2. The van der Waals surface area contributed by atoms with Gasteiger partial charge in [0.15, 0.2) is 5.76 Å². The lowest BCUT2D eigenvalue weighted by molar-refractivity contribution is 0.0998. The predicted octanol–water partition coefficient (Wildman–Crippen LogP) is 4.80. The number of para-hydroxylation sites is 3. The molecule has 2 aromatic carbocycles. The molecule has 0 fully saturated rings. The Morgan fingerprint density at radius 3 is 2.50 bits per heavy atom. The molecule has 0 unspecified atom stereocenters. The van der Waals surface area contributed by atoms with Gasteiger partial charge in [-0.1, -0.05) is 30.3 Å². The highest BCUT2D eigenvalue weighted by atomic mass is 16.3. The third kappa shape index (κ3) is 2.67. The minimum atomic E-state index is -0.271. The van der Waals surface area contributed by atoms with Gasteiger partial charge in [0.25, 0.3) is 5.91 Å². The van der Waals surface area contributed by atoms with Crippen LogP contribution >= 0.6 is 0 Å². The lowest BCUT2D eigenvalue weighted by Crippen LogP contribution is -2.14. The van der Waals surface area contributed by atoms with E-state index in [1.54, 1.807) is 0 Å². The first-order chi connectivity index (χ1) is 12.5. The molecule has 130 valence electrons. The van der Waals surface area contributed by atoms with E-state index >= 15 is 0 Å². The van der Waals surface area contributed by atoms with Crippen LogP contribution in [0.5, 0.6) is 0 Å². The molecule has 4 aromatic rings. The van der Waals surface area contributed by atoms with Crippen LogP contribution in [0.1, 0.15) is 27.5 Å². The monoisotopic (exact) mass is 345 g/mol. The minimum Gasteiger partial charge on any atom is -0.451 e. The summed E-state index contributed by atoms with van der Waals surface area (Å²) in [7, 11) is 0. The standard InChI is InChI=1S/C21H19N3O2/c1-13-12-14(2)24(23-13)18-10-6-5-9-17(18)22-21(25)20-15(3)16-8-4-7-11-19(16)26-20/h4-12H,1-3H3,(H,22,25). The van der Waals surface area contributed by atoms with E-state index in [9.17, 15) is 4.79 Å². The molecule has 2 aromatic heterocycles. The van der Waals surface area contributed by atoms with Crippen LogP contribution in [0.2, 0.25) is 0 Å². The highest BCUT2D eigenvalue weighted by molar-refractivity contribution is 6.07. The maximum absolute atomic E-state index is 12.8. The Balaban J connectivity index is 1.72. The zero-order valence-corrected chi connectivity index (χ0v) is 14.9. The number of aromatic nitrogens is 2. The van der Waals surface area contributed by atoms with Crippen LogP contribution in [0.4, 0.5) is 5.69 Å². The molecule has 0 aliphatic rings. The second-order valence-electron chi connectivity index (χ2n) is 6.36. The minimum absolute atomic E-state index is 0.271. The van der Waals surface area contributed by atoms with Crippen molar-refractivity contribution in [3.63, 3.8) is 0 Å². The van der Waals surface area contributed by atoms with Crippen LogP contribution in [0.25, 0.3) is 16.7 Å². The van der Waals surface area contributed by atoms with Crippen molar-refractivity contribution >= 4 is 22.6 Å². The summed E-state index contributed by atoms with van der Waals surface area (Å²) >= 11 is 0. The van der Waals surface area contributed by atoms with Crippen molar-refractivity contribution in [2.45, 2.75) is 20.8 Å². The average Bonchev–Trinajstić information content (AvgIpc) is 3.15. The molecule has 0 aliphatic carbocycles. The number of rotatable bonds is 3. The van der Waals surface area contributed by atoms with Crippen molar-refractivity contribution in [2.75, 3.05) is 5.32 Å². The van der Waals surface area contributed by atoms with Gasteiger partial charge in [0.2, 0.25) is 0 Å². The fourth-order valence-electron chi connectivity index (χ4n) is 3.21. The normalized spacial score (nSPS) is 11.0. The van der Waals surface area contributed by atoms with Gasteiger partial charge in [0, 0.05) is 16.6 Å². The van der Waals surface area contributed by atoms with Gasteiger partial charge in [-0.3, -0.25) is 4.79 Å². The number of carbonyl (C=O) groups excluding carboxylic acids is 1. The Labute approximate surface area is 151 Å². The summed E-state index contributed by atoms with van der Waals surface area (Å²) < 4.78 is 7.60. The van der Waals surface area contributed by atoms with Crippen molar-refractivity contribution in [2.24, 2.45) is 0 Å². The number of aryl methyl sites for hydroxylation is 3. The van der Waals surface area contributed by atoms with E-state index in [1.807, 2.05) is 80.1 Å². The van der Waals surface area contributed by atoms with Gasteiger partial charge < -0.3 is 9.73 Å². The zero-order chi connectivity index (χ0) is 18.3. The number of amides is 1. The molecule has 5 heteroatoms. The van der Waals surface area contributed by atoms with Crippen molar-refractivity contribution < 1.29 is 9.21 Å². The molecule has 0 radical (unpaired) electrons. The Hall–Kier alpha value is -3.34. The molecule has 0 saturated carbocycles. The quantitative estimate of drug-likeness (QED) is 0.580. The summed E-state index contributed by atoms with van der Waals surface area (Å²) in [6, 6.07) is 17.3. The number of carbonyl (C=O) groups is 1. The second-order valence-corrected chi connectivity index (χ2v) is 6.36. The van der Waals surface area contributed by atoms with Gasteiger partial charge in [-0.15, -0.1) is 0 Å². The van der Waals surface area contributed by atoms with Gasteiger partial charge in [0.05, 0.1) is 17.1 Å². The topological polar surface area (TPSA) is 60.1 Å². The van der Waals surface area contributed by atoms with Gasteiger partial charge in [0.1, 0.15) is 5.58 Å². The molecule has 2 heterocycles. The van der Waals surface area contributed by atoms with Crippen LogP contribution < -0.4 is 5.32 Å². The van der Waals surface area contributed by atoms with Crippen LogP contribution in [0.15, 0.2) is 59.0 Å². The smallest absolute Gasteiger partial charge is 0.291 e. The number of nitrogens with zero attached hydrogens (tertiary/aromatic N) is 2. The molecule has 1 amide bonds. The molecule has 0 atom stereocenters. The highest BCUT2D eigenvalue weighted by Crippen LogP contribution is 2.27. The maximum atomic E-state index is 12.8. The fraction of sp³-hybridized carbons (Fsp3) is 0.143. The summed E-state index contributed by atoms with van der Waals surface area (Å²) in [5, 5.41) is 8.43. The third-order valence-corrected chi connectivity index (χ3v) is 4.44. The number of anilines is 1. The van der Waals surface area contributed by atoms with Gasteiger partial charge in [-0.05, 0) is 45.0 Å². The summed E-state index contributed by atoms with van der Waals surface area (Å²) in [6.07, 6.45) is 0. The molecule has 0 aliphatic heterocycles. The average molecular weight is 345 g/mol. The van der Waals surface area contributed by atoms with Crippen molar-refractivity contribution in [1.29, 1.82) is 0 Å². The Morgan fingerprint density at radius 2 is 1.77 bits per heavy atom. The molecule has 0 spiro atoms. The first-order valence-corrected chi connectivity index (χ1v) is 8.47. The zero-order valence-electron chi connectivity index (χ0n) is 14.9. The van der Waals surface area contributed by atoms with E-state index in [4.69, 9.17) is 4.42 Å². The summed E-state index contributed by atoms with van der Waals surface area (Å²) in [5.41, 5.74) is 4.98. The van der Waals surface area contributed by atoms with Crippen molar-refractivity contribution in [3.8, 4) is 5.69 Å². The molecule has 1 N–H and O–H groups in total. The Kier molecular flexibility index (Phi) is 3.84. The molecular formula is C21H19N3O2. The Bertz CT molecular complexity index is 1120. The first-order valence-electron chi connectivity index (χ1n) is 8.47. The summed E-state index contributed by atoms with van der Waals surface area (Å²) in [4.78, 5) is 12.8. The molecule has 0 saturated heterocycles. The molecule has 26 heavy (non-hydrogen) atoms. The predicted molar refractivity (Wildman–Crippen MR) is 102 cm³/mol. The SMILES string of the molecule is Cc1cc(C)n(-c2ccccc2NC(=O)c2oc3ccccc3c2C)n1. The summed E-state index contributed by atoms with van der Waals surface area (Å²) in [6.45, 7) is 5.83. The molecule has 0 bridgehead atoms. The first kappa shape index (κ1) is 16.1. The van der Waals surface area contributed by atoms with Crippen LogP contribution in [-0.4, -0.2) is 15.7 Å². The van der Waals surface area contributed by atoms with Crippen molar-refractivity contribution in [3.05, 3.63) is 77.3 Å². The number of furan rings is 1. The largest absolute Gasteiger partial charge is 0.451 e. The molecular weight excluding hydrogens is 326 g/mol. The van der Waals surface area contributed by atoms with E-state index in [2.05, 4.69) is 10.4 Å². The van der Waals surface area contributed by atoms with Gasteiger partial charge in [-0.25, -0.2) is 4.68 Å². The lowest BCUT2D eigenvalue weighted by atomic mass is 10.1. The maximum Gasteiger partial charge on any atom is 0.291 e. The number of fused-ring (bicyclic) bond motifs is 1. The lowest BCUT2D eigenvalue weighted by Gasteiger charge is -2.12. The van der Waals surface area contributed by atoms with Gasteiger partial charge in [-0.2, -0.15) is 5.10 Å². The number of hydrogen-bond acceptors (Lipinski definition) is 3. The highest BCUT2D eigenvalue weighted by Gasteiger charge is 2.19. The third-order valence-electron chi connectivity index (χ3n) is 4.44. The second kappa shape index (κ2) is 6.19. The van der Waals surface area contributed by atoms with Crippen molar-refractivity contribution in [1.82, 2.24) is 9.78 Å². The van der Waals surface area contributed by atoms with Crippen LogP contribution in [0, 0.1) is 20.8 Å². The van der Waals surface area contributed by atoms with E-state index in [1.165, 1.54) is 0 Å². The fourth-order valence-corrected chi connectivity index (χ4v) is 3.21. The van der Waals surface area contributed by atoms with Gasteiger partial charge >= 0.3 is 0 Å². The van der Waals surface area contributed by atoms with E-state index in [0.717, 1.165) is 28.0 Å². The van der Waals surface area contributed by atoms with E-state index in [-0.39, 0.29) is 5.91 Å². The molecule has 4 rings (SSSR count).